The van der Waals surface area contributed by atoms with Crippen LogP contribution in [0.5, 0.6) is 11.5 Å². The zero-order valence-electron chi connectivity index (χ0n) is 13.5. The normalized spacial score (nSPS) is 13.7. The van der Waals surface area contributed by atoms with E-state index in [0.29, 0.717) is 11.5 Å². The van der Waals surface area contributed by atoms with Gasteiger partial charge in [0.05, 0.1) is 7.11 Å². The topological polar surface area (TPSA) is 73.6 Å². The molecule has 0 saturated heterocycles. The van der Waals surface area contributed by atoms with Gasteiger partial charge in [0.2, 0.25) is 0 Å². The van der Waals surface area contributed by atoms with Crippen molar-refractivity contribution in [3.8, 4) is 11.5 Å². The molecule has 0 bridgehead atoms. The maximum atomic E-state index is 11.9. The van der Waals surface area contributed by atoms with Gasteiger partial charge >= 0.3 is 0 Å². The third-order valence-corrected chi connectivity index (χ3v) is 2.89. The number of hydrogen-bond acceptors (Lipinski definition) is 4. The molecule has 3 N–H and O–H groups in total. The van der Waals surface area contributed by atoms with Gasteiger partial charge in [-0.05, 0) is 51.8 Å². The van der Waals surface area contributed by atoms with E-state index in [2.05, 4.69) is 5.32 Å². The minimum atomic E-state index is -0.583. The summed E-state index contributed by atoms with van der Waals surface area (Å²) in [5.74, 6) is 1.02. The van der Waals surface area contributed by atoms with Crippen LogP contribution in [-0.2, 0) is 11.2 Å². The van der Waals surface area contributed by atoms with Crippen LogP contribution in [0.2, 0.25) is 0 Å². The zero-order chi connectivity index (χ0) is 16.0. The van der Waals surface area contributed by atoms with Crippen molar-refractivity contribution in [2.45, 2.75) is 52.3 Å². The second-order valence-electron chi connectivity index (χ2n) is 5.59. The first kappa shape index (κ1) is 17.3. The Kier molecular flexibility index (Phi) is 6.49. The predicted molar refractivity (Wildman–Crippen MR) is 83.7 cm³/mol. The number of amides is 1. The van der Waals surface area contributed by atoms with Crippen molar-refractivity contribution in [2.24, 2.45) is 5.73 Å². The molecule has 0 heterocycles. The van der Waals surface area contributed by atoms with Gasteiger partial charge in [-0.15, -0.1) is 0 Å². The number of nitrogens with one attached hydrogen (secondary N) is 1. The summed E-state index contributed by atoms with van der Waals surface area (Å²) >= 11 is 0. The molecule has 5 heteroatoms. The molecular formula is C16H26N2O3. The van der Waals surface area contributed by atoms with Gasteiger partial charge in [0, 0.05) is 12.1 Å². The maximum absolute atomic E-state index is 11.9. The molecule has 0 aliphatic heterocycles. The molecule has 5 nitrogen and oxygen atoms in total. The highest BCUT2D eigenvalue weighted by Crippen LogP contribution is 2.29. The van der Waals surface area contributed by atoms with Gasteiger partial charge in [-0.1, -0.05) is 6.07 Å². The molecule has 1 aromatic carbocycles. The van der Waals surface area contributed by atoms with Gasteiger partial charge < -0.3 is 20.5 Å². The SMILES string of the molecule is COc1cc(CC(C)N)ccc1OC(C)C(=O)NC(C)C. The van der Waals surface area contributed by atoms with Crippen LogP contribution in [0.15, 0.2) is 18.2 Å². The molecule has 2 unspecified atom stereocenters. The maximum Gasteiger partial charge on any atom is 0.260 e. The largest absolute Gasteiger partial charge is 0.493 e. The summed E-state index contributed by atoms with van der Waals surface area (Å²) in [7, 11) is 1.58. The van der Waals surface area contributed by atoms with E-state index in [1.54, 1.807) is 14.0 Å². The summed E-state index contributed by atoms with van der Waals surface area (Å²) in [6.07, 6.45) is 0.181. The summed E-state index contributed by atoms with van der Waals surface area (Å²) in [6.45, 7) is 7.49. The lowest BCUT2D eigenvalue weighted by molar-refractivity contribution is -0.127. The van der Waals surface area contributed by atoms with Crippen molar-refractivity contribution in [3.05, 3.63) is 23.8 Å². The molecule has 1 amide bonds. The average Bonchev–Trinajstić information content (AvgIpc) is 2.38. The van der Waals surface area contributed by atoms with Gasteiger partial charge in [0.1, 0.15) is 0 Å². The van der Waals surface area contributed by atoms with Crippen molar-refractivity contribution < 1.29 is 14.3 Å². The number of benzene rings is 1. The third kappa shape index (κ3) is 5.63. The minimum Gasteiger partial charge on any atom is -0.493 e. The van der Waals surface area contributed by atoms with Gasteiger partial charge in [-0.3, -0.25) is 4.79 Å². The van der Waals surface area contributed by atoms with Crippen LogP contribution in [0.3, 0.4) is 0 Å². The molecule has 1 rings (SSSR count). The third-order valence-electron chi connectivity index (χ3n) is 2.89. The Morgan fingerprint density at radius 2 is 1.90 bits per heavy atom. The Labute approximate surface area is 126 Å². The molecule has 0 saturated carbocycles. The van der Waals surface area contributed by atoms with E-state index in [4.69, 9.17) is 15.2 Å². The molecule has 0 radical (unpaired) electrons. The van der Waals surface area contributed by atoms with Crippen LogP contribution in [0.1, 0.15) is 33.3 Å². The van der Waals surface area contributed by atoms with Crippen LogP contribution in [-0.4, -0.2) is 31.2 Å². The highest BCUT2D eigenvalue weighted by atomic mass is 16.5. The van der Waals surface area contributed by atoms with Gasteiger partial charge in [0.25, 0.3) is 5.91 Å². The van der Waals surface area contributed by atoms with Gasteiger partial charge in [-0.25, -0.2) is 0 Å². The first-order chi connectivity index (χ1) is 9.83. The first-order valence-electron chi connectivity index (χ1n) is 7.23. The molecule has 0 aliphatic rings. The number of methoxy groups -OCH3 is 1. The van der Waals surface area contributed by atoms with Gasteiger partial charge in [0.15, 0.2) is 17.6 Å². The van der Waals surface area contributed by atoms with Crippen molar-refractivity contribution in [1.82, 2.24) is 5.32 Å². The highest BCUT2D eigenvalue weighted by Gasteiger charge is 2.17. The van der Waals surface area contributed by atoms with Crippen LogP contribution >= 0.6 is 0 Å². The van der Waals surface area contributed by atoms with Crippen LogP contribution in [0.25, 0.3) is 0 Å². The van der Waals surface area contributed by atoms with E-state index in [1.807, 2.05) is 39.0 Å². The standard InChI is InChI=1S/C16H26N2O3/c1-10(2)18-16(19)12(4)21-14-7-6-13(8-11(3)17)9-15(14)20-5/h6-7,9-12H,8,17H2,1-5H3,(H,18,19). The lowest BCUT2D eigenvalue weighted by Crippen LogP contribution is -2.40. The second kappa shape index (κ2) is 7.88. The molecule has 0 fully saturated rings. The number of ether oxygens (including phenoxy) is 2. The zero-order valence-corrected chi connectivity index (χ0v) is 13.5. The molecule has 1 aromatic rings. The summed E-state index contributed by atoms with van der Waals surface area (Å²) in [5, 5.41) is 2.82. The smallest absolute Gasteiger partial charge is 0.260 e. The first-order valence-corrected chi connectivity index (χ1v) is 7.23. The Morgan fingerprint density at radius 1 is 1.24 bits per heavy atom. The number of carbonyl (C=O) groups excluding carboxylic acids is 1. The quantitative estimate of drug-likeness (QED) is 0.805. The van der Waals surface area contributed by atoms with Crippen molar-refractivity contribution in [3.63, 3.8) is 0 Å². The van der Waals surface area contributed by atoms with E-state index >= 15 is 0 Å². The predicted octanol–water partition coefficient (Wildman–Crippen LogP) is 1.88. The molecule has 118 valence electrons. The molecule has 0 aromatic heterocycles. The summed E-state index contributed by atoms with van der Waals surface area (Å²) < 4.78 is 11.0. The fourth-order valence-corrected chi connectivity index (χ4v) is 1.95. The summed E-state index contributed by atoms with van der Waals surface area (Å²) in [6, 6.07) is 5.81. The van der Waals surface area contributed by atoms with Gasteiger partial charge in [-0.2, -0.15) is 0 Å². The van der Waals surface area contributed by atoms with Crippen LogP contribution < -0.4 is 20.5 Å². The molecule has 21 heavy (non-hydrogen) atoms. The summed E-state index contributed by atoms with van der Waals surface area (Å²) in [4.78, 5) is 11.9. The fraction of sp³-hybridized carbons (Fsp3) is 0.562. The number of rotatable bonds is 7. The highest BCUT2D eigenvalue weighted by molar-refractivity contribution is 5.81. The van der Waals surface area contributed by atoms with Crippen molar-refractivity contribution in [2.75, 3.05) is 7.11 Å². The van der Waals surface area contributed by atoms with Crippen LogP contribution in [0.4, 0.5) is 0 Å². The minimum absolute atomic E-state index is 0.0808. The van der Waals surface area contributed by atoms with E-state index in [9.17, 15) is 4.79 Å². The molecule has 2 atom stereocenters. The second-order valence-corrected chi connectivity index (χ2v) is 5.59. The molecular weight excluding hydrogens is 268 g/mol. The number of hydrogen-bond donors (Lipinski definition) is 2. The van der Waals surface area contributed by atoms with E-state index in [-0.39, 0.29) is 18.0 Å². The lowest BCUT2D eigenvalue weighted by atomic mass is 10.1. The Morgan fingerprint density at radius 3 is 2.43 bits per heavy atom. The molecule has 0 aliphatic carbocycles. The molecule has 0 spiro atoms. The van der Waals surface area contributed by atoms with Crippen molar-refractivity contribution >= 4 is 5.91 Å². The van der Waals surface area contributed by atoms with Crippen molar-refractivity contribution in [1.29, 1.82) is 0 Å². The fourth-order valence-electron chi connectivity index (χ4n) is 1.95. The van der Waals surface area contributed by atoms with Crippen LogP contribution in [0, 0.1) is 0 Å². The number of carbonyl (C=O) groups is 1. The number of nitrogens with two attached hydrogens (primary N) is 1. The van der Waals surface area contributed by atoms with E-state index in [0.717, 1.165) is 12.0 Å². The Balaban J connectivity index is 2.80. The lowest BCUT2D eigenvalue weighted by Gasteiger charge is -2.18. The Bertz CT molecular complexity index is 473. The summed E-state index contributed by atoms with van der Waals surface area (Å²) in [5.41, 5.74) is 6.87. The monoisotopic (exact) mass is 294 g/mol. The van der Waals surface area contributed by atoms with E-state index < -0.39 is 6.10 Å². The Hall–Kier alpha value is -1.75. The van der Waals surface area contributed by atoms with E-state index in [1.165, 1.54) is 0 Å². The average molecular weight is 294 g/mol.